The van der Waals surface area contributed by atoms with E-state index in [9.17, 15) is 9.18 Å². The van der Waals surface area contributed by atoms with Crippen LogP contribution in [0.5, 0.6) is 5.75 Å². The largest absolute Gasteiger partial charge is 0.489 e. The summed E-state index contributed by atoms with van der Waals surface area (Å²) >= 11 is 0. The Morgan fingerprint density at radius 1 is 1.45 bits per heavy atom. The van der Waals surface area contributed by atoms with Crippen LogP contribution in [0.15, 0.2) is 18.2 Å². The Morgan fingerprint density at radius 2 is 2.20 bits per heavy atom. The first-order valence-electron chi connectivity index (χ1n) is 6.56. The topological polar surface area (TPSA) is 73.6 Å². The third kappa shape index (κ3) is 5.14. The number of benzene rings is 1. The molecule has 20 heavy (non-hydrogen) atoms. The Bertz CT molecular complexity index is 440. The minimum Gasteiger partial charge on any atom is -0.489 e. The molecule has 0 bridgehead atoms. The molecule has 0 aromatic heterocycles. The highest BCUT2D eigenvalue weighted by Gasteiger charge is 2.15. The van der Waals surface area contributed by atoms with Crippen LogP contribution in [0.3, 0.4) is 0 Å². The van der Waals surface area contributed by atoms with Crippen molar-refractivity contribution in [3.63, 3.8) is 0 Å². The maximum Gasteiger partial charge on any atom is 0.241 e. The molecule has 0 saturated carbocycles. The van der Waals surface area contributed by atoms with E-state index in [4.69, 9.17) is 15.2 Å². The second-order valence-electron chi connectivity index (χ2n) is 4.37. The van der Waals surface area contributed by atoms with Gasteiger partial charge in [0.1, 0.15) is 18.2 Å². The molecule has 0 radical (unpaired) electrons. The van der Waals surface area contributed by atoms with E-state index in [2.05, 4.69) is 5.32 Å². The lowest BCUT2D eigenvalue weighted by atomic mass is 10.1. The van der Waals surface area contributed by atoms with Gasteiger partial charge in [-0.3, -0.25) is 4.79 Å². The van der Waals surface area contributed by atoms with Gasteiger partial charge in [-0.15, -0.1) is 0 Å². The summed E-state index contributed by atoms with van der Waals surface area (Å²) in [5.74, 6) is -0.419. The maximum absolute atomic E-state index is 13.3. The molecule has 112 valence electrons. The Labute approximate surface area is 118 Å². The summed E-state index contributed by atoms with van der Waals surface area (Å²) in [7, 11) is 1.56. The van der Waals surface area contributed by atoms with Gasteiger partial charge in [-0.1, -0.05) is 13.3 Å². The van der Waals surface area contributed by atoms with Crippen molar-refractivity contribution in [3.05, 3.63) is 24.0 Å². The third-order valence-corrected chi connectivity index (χ3v) is 2.68. The summed E-state index contributed by atoms with van der Waals surface area (Å²) in [6.07, 6.45) is 1.37. The second-order valence-corrected chi connectivity index (χ2v) is 4.37. The Kier molecular flexibility index (Phi) is 6.97. The van der Waals surface area contributed by atoms with Gasteiger partial charge in [0.2, 0.25) is 5.91 Å². The number of amides is 1. The Hall–Kier alpha value is -1.66. The first-order valence-corrected chi connectivity index (χ1v) is 6.56. The van der Waals surface area contributed by atoms with E-state index in [1.807, 2.05) is 6.92 Å². The van der Waals surface area contributed by atoms with Crippen molar-refractivity contribution < 1.29 is 18.7 Å². The molecule has 1 rings (SSSR count). The van der Waals surface area contributed by atoms with E-state index >= 15 is 0 Å². The molecule has 0 aliphatic rings. The molecular weight excluding hydrogens is 263 g/mol. The molecule has 3 N–H and O–H groups in total. The third-order valence-electron chi connectivity index (χ3n) is 2.68. The van der Waals surface area contributed by atoms with Crippen molar-refractivity contribution >= 4 is 11.6 Å². The van der Waals surface area contributed by atoms with Gasteiger partial charge in [0.15, 0.2) is 0 Å². The predicted octanol–water partition coefficient (Wildman–Crippen LogP) is 1.92. The van der Waals surface area contributed by atoms with Crippen molar-refractivity contribution in [1.82, 2.24) is 0 Å². The Morgan fingerprint density at radius 3 is 2.85 bits per heavy atom. The molecular formula is C14H21FN2O3. The smallest absolute Gasteiger partial charge is 0.241 e. The fourth-order valence-electron chi connectivity index (χ4n) is 1.63. The normalized spacial score (nSPS) is 12.0. The summed E-state index contributed by atoms with van der Waals surface area (Å²) in [4.78, 5) is 11.9. The van der Waals surface area contributed by atoms with Gasteiger partial charge in [-0.2, -0.15) is 0 Å². The van der Waals surface area contributed by atoms with E-state index in [0.717, 1.165) is 6.42 Å². The monoisotopic (exact) mass is 284 g/mol. The zero-order valence-electron chi connectivity index (χ0n) is 11.8. The molecule has 1 amide bonds. The number of methoxy groups -OCH3 is 1. The molecule has 0 saturated heterocycles. The molecule has 0 heterocycles. The number of nitrogens with two attached hydrogens (primary N) is 1. The summed E-state index contributed by atoms with van der Waals surface area (Å²) in [5.41, 5.74) is 5.99. The maximum atomic E-state index is 13.3. The number of anilines is 1. The van der Waals surface area contributed by atoms with Gasteiger partial charge >= 0.3 is 0 Å². The van der Waals surface area contributed by atoms with Crippen LogP contribution in [0.2, 0.25) is 0 Å². The van der Waals surface area contributed by atoms with Crippen molar-refractivity contribution in [3.8, 4) is 5.75 Å². The van der Waals surface area contributed by atoms with E-state index in [0.29, 0.717) is 25.4 Å². The van der Waals surface area contributed by atoms with Crippen LogP contribution in [-0.4, -0.2) is 32.3 Å². The molecule has 0 aliphatic carbocycles. The number of rotatable bonds is 8. The quantitative estimate of drug-likeness (QED) is 0.715. The van der Waals surface area contributed by atoms with Crippen molar-refractivity contribution in [2.75, 3.05) is 25.6 Å². The van der Waals surface area contributed by atoms with Gasteiger partial charge in [0.25, 0.3) is 0 Å². The van der Waals surface area contributed by atoms with E-state index in [1.165, 1.54) is 18.2 Å². The predicted molar refractivity (Wildman–Crippen MR) is 75.3 cm³/mol. The lowest BCUT2D eigenvalue weighted by Gasteiger charge is -2.15. The molecule has 1 aromatic carbocycles. The van der Waals surface area contributed by atoms with Crippen molar-refractivity contribution in [2.45, 2.75) is 25.8 Å². The first kappa shape index (κ1) is 16.4. The number of nitrogens with one attached hydrogen (secondary N) is 1. The summed E-state index contributed by atoms with van der Waals surface area (Å²) < 4.78 is 23.6. The number of hydrogen-bond donors (Lipinski definition) is 2. The fraction of sp³-hybridized carbons (Fsp3) is 0.500. The minimum atomic E-state index is -0.616. The van der Waals surface area contributed by atoms with Gasteiger partial charge in [-0.05, 0) is 18.6 Å². The van der Waals surface area contributed by atoms with Crippen LogP contribution in [0.25, 0.3) is 0 Å². The molecule has 6 heteroatoms. The Balaban J connectivity index is 2.75. The molecule has 1 unspecified atom stereocenters. The average molecular weight is 284 g/mol. The number of carbonyl (C=O) groups excluding carboxylic acids is 1. The molecule has 0 spiro atoms. The van der Waals surface area contributed by atoms with E-state index < -0.39 is 11.9 Å². The standard InChI is InChI=1S/C14H21FN2O3/c1-3-4-11(16)14(18)17-12-9-10(15)5-6-13(12)20-8-7-19-2/h5-6,9,11H,3-4,7-8,16H2,1-2H3,(H,17,18). The van der Waals surface area contributed by atoms with Crippen LogP contribution < -0.4 is 15.8 Å². The summed E-state index contributed by atoms with van der Waals surface area (Å²) in [6.45, 7) is 2.65. The highest BCUT2D eigenvalue weighted by Crippen LogP contribution is 2.25. The lowest BCUT2D eigenvalue weighted by molar-refractivity contribution is -0.117. The van der Waals surface area contributed by atoms with Crippen LogP contribution >= 0.6 is 0 Å². The number of ether oxygens (including phenoxy) is 2. The lowest BCUT2D eigenvalue weighted by Crippen LogP contribution is -2.35. The number of carbonyl (C=O) groups is 1. The van der Waals surface area contributed by atoms with Gasteiger partial charge < -0.3 is 20.5 Å². The number of hydrogen-bond acceptors (Lipinski definition) is 4. The van der Waals surface area contributed by atoms with E-state index in [1.54, 1.807) is 7.11 Å². The van der Waals surface area contributed by atoms with Crippen molar-refractivity contribution in [2.24, 2.45) is 5.73 Å². The van der Waals surface area contributed by atoms with Crippen molar-refractivity contribution in [1.29, 1.82) is 0 Å². The van der Waals surface area contributed by atoms with Crippen LogP contribution in [-0.2, 0) is 9.53 Å². The molecule has 1 aromatic rings. The molecule has 5 nitrogen and oxygen atoms in total. The average Bonchev–Trinajstić information content (AvgIpc) is 2.41. The van der Waals surface area contributed by atoms with Gasteiger partial charge in [0.05, 0.1) is 18.3 Å². The van der Waals surface area contributed by atoms with Gasteiger partial charge in [0, 0.05) is 13.2 Å². The van der Waals surface area contributed by atoms with Crippen LogP contribution in [0, 0.1) is 5.82 Å². The minimum absolute atomic E-state index is 0.276. The molecule has 1 atom stereocenters. The fourth-order valence-corrected chi connectivity index (χ4v) is 1.63. The highest BCUT2D eigenvalue weighted by atomic mass is 19.1. The van der Waals surface area contributed by atoms with Crippen LogP contribution in [0.4, 0.5) is 10.1 Å². The zero-order chi connectivity index (χ0) is 15.0. The number of halogens is 1. The summed E-state index contributed by atoms with van der Waals surface area (Å²) in [6, 6.07) is 3.32. The SMILES string of the molecule is CCCC(N)C(=O)Nc1cc(F)ccc1OCCOC. The first-order chi connectivity index (χ1) is 9.58. The molecule has 0 aliphatic heterocycles. The highest BCUT2D eigenvalue weighted by molar-refractivity contribution is 5.95. The van der Waals surface area contributed by atoms with E-state index in [-0.39, 0.29) is 11.6 Å². The zero-order valence-corrected chi connectivity index (χ0v) is 11.8. The second kappa shape index (κ2) is 8.50. The summed E-state index contributed by atoms with van der Waals surface area (Å²) in [5, 5.41) is 2.59. The van der Waals surface area contributed by atoms with Crippen LogP contribution in [0.1, 0.15) is 19.8 Å². The van der Waals surface area contributed by atoms with Gasteiger partial charge in [-0.25, -0.2) is 4.39 Å². The molecule has 0 fully saturated rings.